The van der Waals surface area contributed by atoms with E-state index in [9.17, 15) is 14.4 Å². The summed E-state index contributed by atoms with van der Waals surface area (Å²) < 4.78 is 5.11. The highest BCUT2D eigenvalue weighted by atomic mass is 16.5. The molecule has 1 heterocycles. The van der Waals surface area contributed by atoms with Gasteiger partial charge in [-0.05, 0) is 13.0 Å². The molecule has 4 N–H and O–H groups in total. The largest absolute Gasteiger partial charge is 0.478 e. The number of urea groups is 1. The Labute approximate surface area is 102 Å². The molecule has 1 aromatic heterocycles. The van der Waals surface area contributed by atoms with Gasteiger partial charge in [-0.3, -0.25) is 15.1 Å². The highest BCUT2D eigenvalue weighted by Gasteiger charge is 2.19. The number of aromatic carboxylic acids is 1. The van der Waals surface area contributed by atoms with Crippen molar-refractivity contribution in [3.8, 4) is 5.75 Å². The monoisotopic (exact) mass is 253 g/mol. The van der Waals surface area contributed by atoms with E-state index in [-0.39, 0.29) is 11.3 Å². The number of aromatic nitrogens is 1. The number of nitrogens with two attached hydrogens (primary N) is 1. The Bertz CT molecular complexity index is 488. The molecule has 96 valence electrons. The molecule has 0 saturated heterocycles. The molecule has 0 aliphatic rings. The Kier molecular flexibility index (Phi) is 4.19. The van der Waals surface area contributed by atoms with Crippen LogP contribution in [0.2, 0.25) is 0 Å². The van der Waals surface area contributed by atoms with Gasteiger partial charge in [0.1, 0.15) is 5.56 Å². The van der Waals surface area contributed by atoms with Gasteiger partial charge in [0.15, 0.2) is 11.9 Å². The number of primary amides is 1. The fourth-order valence-corrected chi connectivity index (χ4v) is 1.12. The molecule has 0 spiro atoms. The topological polar surface area (TPSA) is 132 Å². The molecule has 0 radical (unpaired) electrons. The van der Waals surface area contributed by atoms with Crippen LogP contribution in [0.4, 0.5) is 4.79 Å². The number of imide groups is 1. The predicted octanol–water partition coefficient (Wildman–Crippen LogP) is -0.258. The molecule has 0 bridgehead atoms. The van der Waals surface area contributed by atoms with Crippen LogP contribution in [0.15, 0.2) is 18.5 Å². The van der Waals surface area contributed by atoms with Crippen LogP contribution in [0.25, 0.3) is 0 Å². The number of hydrogen-bond acceptors (Lipinski definition) is 5. The van der Waals surface area contributed by atoms with Crippen molar-refractivity contribution in [3.63, 3.8) is 0 Å². The lowest BCUT2D eigenvalue weighted by Crippen LogP contribution is -2.42. The van der Waals surface area contributed by atoms with Crippen molar-refractivity contribution in [2.24, 2.45) is 5.73 Å². The van der Waals surface area contributed by atoms with Gasteiger partial charge in [0, 0.05) is 6.20 Å². The lowest BCUT2D eigenvalue weighted by Gasteiger charge is -2.14. The third kappa shape index (κ3) is 3.44. The summed E-state index contributed by atoms with van der Waals surface area (Å²) in [5.74, 6) is -2.06. The van der Waals surface area contributed by atoms with Gasteiger partial charge in [-0.1, -0.05) is 0 Å². The average Bonchev–Trinajstić information content (AvgIpc) is 2.28. The van der Waals surface area contributed by atoms with Crippen molar-refractivity contribution in [1.82, 2.24) is 10.3 Å². The number of rotatable bonds is 4. The predicted molar refractivity (Wildman–Crippen MR) is 59.0 cm³/mol. The standard InChI is InChI=1S/C10H11N3O5/c1-5(8(14)13-10(11)17)18-7-4-12-3-2-6(7)9(15)16/h2-5H,1H3,(H,15,16)(H3,11,13,14,17). The van der Waals surface area contributed by atoms with Gasteiger partial charge in [-0.15, -0.1) is 0 Å². The van der Waals surface area contributed by atoms with Crippen LogP contribution in [0.5, 0.6) is 5.75 Å². The van der Waals surface area contributed by atoms with E-state index >= 15 is 0 Å². The van der Waals surface area contributed by atoms with Crippen LogP contribution in [0.3, 0.4) is 0 Å². The van der Waals surface area contributed by atoms with Crippen molar-refractivity contribution < 1.29 is 24.2 Å². The number of ether oxygens (including phenoxy) is 1. The highest BCUT2D eigenvalue weighted by Crippen LogP contribution is 2.17. The molecule has 1 unspecified atom stereocenters. The fraction of sp³-hybridized carbons (Fsp3) is 0.200. The molecule has 3 amide bonds. The van der Waals surface area contributed by atoms with Gasteiger partial charge in [-0.25, -0.2) is 9.59 Å². The molecular formula is C10H11N3O5. The molecule has 1 aromatic rings. The molecule has 0 aliphatic carbocycles. The first-order valence-electron chi connectivity index (χ1n) is 4.86. The molecular weight excluding hydrogens is 242 g/mol. The van der Waals surface area contributed by atoms with E-state index < -0.39 is 24.0 Å². The van der Waals surface area contributed by atoms with Gasteiger partial charge in [-0.2, -0.15) is 0 Å². The number of hydrogen-bond donors (Lipinski definition) is 3. The van der Waals surface area contributed by atoms with Crippen LogP contribution in [-0.4, -0.2) is 34.1 Å². The fourth-order valence-electron chi connectivity index (χ4n) is 1.12. The van der Waals surface area contributed by atoms with Crippen molar-refractivity contribution in [2.45, 2.75) is 13.0 Å². The van der Waals surface area contributed by atoms with Gasteiger partial charge < -0.3 is 15.6 Å². The molecule has 0 fully saturated rings. The average molecular weight is 253 g/mol. The maximum atomic E-state index is 11.3. The molecule has 8 heteroatoms. The summed E-state index contributed by atoms with van der Waals surface area (Å²) in [4.78, 5) is 36.4. The summed E-state index contributed by atoms with van der Waals surface area (Å²) in [6, 6.07) is 0.219. The van der Waals surface area contributed by atoms with E-state index in [0.717, 1.165) is 6.20 Å². The van der Waals surface area contributed by atoms with Crippen molar-refractivity contribution in [3.05, 3.63) is 24.0 Å². The van der Waals surface area contributed by atoms with Gasteiger partial charge in [0.25, 0.3) is 5.91 Å². The quantitative estimate of drug-likeness (QED) is 0.677. The first-order chi connectivity index (χ1) is 8.41. The van der Waals surface area contributed by atoms with Crippen molar-refractivity contribution in [1.29, 1.82) is 0 Å². The summed E-state index contributed by atoms with van der Waals surface area (Å²) in [6.45, 7) is 1.34. The molecule has 8 nitrogen and oxygen atoms in total. The molecule has 18 heavy (non-hydrogen) atoms. The third-order valence-electron chi connectivity index (χ3n) is 1.93. The van der Waals surface area contributed by atoms with E-state index in [2.05, 4.69) is 4.98 Å². The van der Waals surface area contributed by atoms with Crippen LogP contribution in [-0.2, 0) is 4.79 Å². The van der Waals surface area contributed by atoms with Gasteiger partial charge in [0.2, 0.25) is 0 Å². The SMILES string of the molecule is CC(Oc1cnccc1C(=O)O)C(=O)NC(N)=O. The second-order valence-corrected chi connectivity index (χ2v) is 3.29. The first-order valence-corrected chi connectivity index (χ1v) is 4.86. The van der Waals surface area contributed by atoms with Gasteiger partial charge in [0.05, 0.1) is 6.20 Å². The number of pyridine rings is 1. The van der Waals surface area contributed by atoms with Crippen LogP contribution < -0.4 is 15.8 Å². The molecule has 1 rings (SSSR count). The number of carbonyl (C=O) groups is 3. The lowest BCUT2D eigenvalue weighted by atomic mass is 10.2. The summed E-state index contributed by atoms with van der Waals surface area (Å²) in [7, 11) is 0. The Morgan fingerprint density at radius 1 is 1.50 bits per heavy atom. The normalized spacial score (nSPS) is 11.4. The molecule has 1 atom stereocenters. The van der Waals surface area contributed by atoms with E-state index in [0.29, 0.717) is 0 Å². The Morgan fingerprint density at radius 3 is 2.72 bits per heavy atom. The minimum absolute atomic E-state index is 0.0721. The summed E-state index contributed by atoms with van der Waals surface area (Å²) >= 11 is 0. The zero-order chi connectivity index (χ0) is 13.7. The zero-order valence-corrected chi connectivity index (χ0v) is 9.41. The maximum absolute atomic E-state index is 11.3. The van der Waals surface area contributed by atoms with E-state index in [1.807, 2.05) is 5.32 Å². The minimum Gasteiger partial charge on any atom is -0.478 e. The summed E-state index contributed by atoms with van der Waals surface area (Å²) in [6.07, 6.45) is 1.36. The Balaban J connectivity index is 2.81. The minimum atomic E-state index is -1.21. The second kappa shape index (κ2) is 5.62. The van der Waals surface area contributed by atoms with Crippen LogP contribution >= 0.6 is 0 Å². The first kappa shape index (κ1) is 13.4. The third-order valence-corrected chi connectivity index (χ3v) is 1.93. The van der Waals surface area contributed by atoms with Crippen molar-refractivity contribution in [2.75, 3.05) is 0 Å². The zero-order valence-electron chi connectivity index (χ0n) is 9.41. The number of amides is 3. The van der Waals surface area contributed by atoms with E-state index in [4.69, 9.17) is 15.6 Å². The number of carboxylic acid groups (broad SMARTS) is 1. The van der Waals surface area contributed by atoms with Crippen LogP contribution in [0.1, 0.15) is 17.3 Å². The number of carboxylic acids is 1. The molecule has 0 saturated carbocycles. The maximum Gasteiger partial charge on any atom is 0.339 e. The summed E-state index contributed by atoms with van der Waals surface area (Å²) in [5.41, 5.74) is 4.63. The van der Waals surface area contributed by atoms with E-state index in [1.165, 1.54) is 19.2 Å². The summed E-state index contributed by atoms with van der Waals surface area (Å²) in [5, 5.41) is 10.7. The van der Waals surface area contributed by atoms with Gasteiger partial charge >= 0.3 is 12.0 Å². The number of nitrogens with zero attached hydrogens (tertiary/aromatic N) is 1. The lowest BCUT2D eigenvalue weighted by molar-refractivity contribution is -0.126. The smallest absolute Gasteiger partial charge is 0.339 e. The van der Waals surface area contributed by atoms with Crippen LogP contribution in [0, 0.1) is 0 Å². The second-order valence-electron chi connectivity index (χ2n) is 3.29. The number of carbonyl (C=O) groups excluding carboxylic acids is 2. The Morgan fingerprint density at radius 2 is 2.17 bits per heavy atom. The highest BCUT2D eigenvalue weighted by molar-refractivity contribution is 5.96. The van der Waals surface area contributed by atoms with Crippen molar-refractivity contribution >= 4 is 17.9 Å². The van der Waals surface area contributed by atoms with E-state index in [1.54, 1.807) is 0 Å². The number of nitrogens with one attached hydrogen (secondary N) is 1. The molecule has 0 aliphatic heterocycles. The Hall–Kier alpha value is -2.64. The molecule has 0 aromatic carbocycles.